The van der Waals surface area contributed by atoms with E-state index in [0.29, 0.717) is 5.92 Å². The summed E-state index contributed by atoms with van der Waals surface area (Å²) in [6, 6.07) is 31.2. The molecule has 2 atom stereocenters. The number of rotatable bonds is 8. The third-order valence-electron chi connectivity index (χ3n) is 7.88. The Morgan fingerprint density at radius 3 is 2.30 bits per heavy atom. The lowest BCUT2D eigenvalue weighted by atomic mass is 9.83. The molecular formula is C31H32N3O3+. The molecule has 3 aromatic carbocycles. The van der Waals surface area contributed by atoms with Crippen LogP contribution in [0.4, 0.5) is 5.69 Å². The Bertz CT molecular complexity index is 1320. The van der Waals surface area contributed by atoms with Crippen LogP contribution in [-0.2, 0) is 16.1 Å². The average molecular weight is 495 g/mol. The van der Waals surface area contributed by atoms with Gasteiger partial charge >= 0.3 is 5.97 Å². The summed E-state index contributed by atoms with van der Waals surface area (Å²) in [5, 5.41) is 7.78. The second kappa shape index (κ2) is 10.2. The Morgan fingerprint density at radius 1 is 0.946 bits per heavy atom. The molecule has 3 saturated heterocycles. The number of quaternary nitrogens is 1. The first kappa shape index (κ1) is 23.5. The molecule has 0 aliphatic carbocycles. The smallest absolute Gasteiger partial charge is 0.333 e. The zero-order chi connectivity index (χ0) is 25.1. The Balaban J connectivity index is 1.17. The van der Waals surface area contributed by atoms with Gasteiger partial charge < -0.3 is 19.1 Å². The van der Waals surface area contributed by atoms with Crippen LogP contribution in [0, 0.1) is 5.92 Å². The van der Waals surface area contributed by atoms with Gasteiger partial charge in [0.05, 0.1) is 13.1 Å². The van der Waals surface area contributed by atoms with Crippen LogP contribution in [0.5, 0.6) is 0 Å². The molecule has 0 spiro atoms. The first-order valence-corrected chi connectivity index (χ1v) is 13.1. The van der Waals surface area contributed by atoms with Crippen molar-refractivity contribution in [3.8, 4) is 11.3 Å². The molecule has 0 amide bonds. The molecule has 7 rings (SSSR count). The van der Waals surface area contributed by atoms with Crippen molar-refractivity contribution in [2.75, 3.05) is 25.0 Å². The summed E-state index contributed by atoms with van der Waals surface area (Å²) in [6.07, 6.45) is 2.02. The minimum Gasteiger partial charge on any atom is -0.454 e. The van der Waals surface area contributed by atoms with Gasteiger partial charge in [-0.2, -0.15) is 0 Å². The summed E-state index contributed by atoms with van der Waals surface area (Å²) in [7, 11) is 0. The predicted octanol–water partition coefficient (Wildman–Crippen LogP) is 5.85. The van der Waals surface area contributed by atoms with Crippen LogP contribution in [-0.4, -0.2) is 41.3 Å². The monoisotopic (exact) mass is 494 g/mol. The molecule has 3 aliphatic heterocycles. The standard InChI is InChI=1S/C31H32N3O3/c35-31(30(25-12-6-2-7-13-25)32-26-14-8-3-9-15-26)36-29-22-34(18-16-24(29)17-19-34)21-27-20-28(37-33-27)23-10-4-1-5-11-23/h1-15,20,24,29-30,32H,16-19,21-22H2/q+1/t24?,29-,30?,34?/m0/s1. The second-order valence-electron chi connectivity index (χ2n) is 10.3. The molecule has 37 heavy (non-hydrogen) atoms. The van der Waals surface area contributed by atoms with Crippen molar-refractivity contribution in [3.63, 3.8) is 0 Å². The Morgan fingerprint density at radius 2 is 1.59 bits per heavy atom. The van der Waals surface area contributed by atoms with Crippen molar-refractivity contribution in [1.29, 1.82) is 0 Å². The lowest BCUT2D eigenvalue weighted by Gasteiger charge is -2.51. The fourth-order valence-corrected chi connectivity index (χ4v) is 5.89. The fraction of sp³-hybridized carbons (Fsp3) is 0.290. The highest BCUT2D eigenvalue weighted by Gasteiger charge is 2.48. The number of carbonyl (C=O) groups is 1. The lowest BCUT2D eigenvalue weighted by Crippen LogP contribution is -2.64. The molecule has 3 aliphatic rings. The summed E-state index contributed by atoms with van der Waals surface area (Å²) >= 11 is 0. The normalized spacial score (nSPS) is 23.4. The van der Waals surface area contributed by atoms with Crippen molar-refractivity contribution in [2.24, 2.45) is 5.92 Å². The maximum Gasteiger partial charge on any atom is 0.333 e. The van der Waals surface area contributed by atoms with Crippen LogP contribution in [0.3, 0.4) is 0 Å². The SMILES string of the molecule is O=C(O[C@H]1C[N+]2(Cc3cc(-c4ccccc4)on3)CCC1CC2)C(Nc1ccccc1)c1ccccc1. The maximum absolute atomic E-state index is 13.6. The zero-order valence-corrected chi connectivity index (χ0v) is 20.8. The van der Waals surface area contributed by atoms with E-state index in [-0.39, 0.29) is 12.1 Å². The van der Waals surface area contributed by atoms with Crippen molar-refractivity contribution in [3.05, 3.63) is 108 Å². The number of carbonyl (C=O) groups excluding carboxylic acids is 1. The van der Waals surface area contributed by atoms with E-state index < -0.39 is 6.04 Å². The molecule has 3 fully saturated rings. The van der Waals surface area contributed by atoms with E-state index in [1.165, 1.54) is 0 Å². The van der Waals surface area contributed by atoms with Crippen LogP contribution >= 0.6 is 0 Å². The molecule has 6 nitrogen and oxygen atoms in total. The van der Waals surface area contributed by atoms with Gasteiger partial charge in [0.25, 0.3) is 0 Å². The van der Waals surface area contributed by atoms with E-state index in [1.807, 2.05) is 91.0 Å². The minimum absolute atomic E-state index is 0.0979. The van der Waals surface area contributed by atoms with Gasteiger partial charge in [0, 0.05) is 36.1 Å². The number of anilines is 1. The van der Waals surface area contributed by atoms with E-state index >= 15 is 0 Å². The minimum atomic E-state index is -0.559. The van der Waals surface area contributed by atoms with Gasteiger partial charge in [0.1, 0.15) is 18.8 Å². The third-order valence-corrected chi connectivity index (χ3v) is 7.88. The summed E-state index contributed by atoms with van der Waals surface area (Å²) in [5.74, 6) is 0.982. The summed E-state index contributed by atoms with van der Waals surface area (Å²) < 4.78 is 12.8. The van der Waals surface area contributed by atoms with E-state index in [2.05, 4.69) is 16.5 Å². The Kier molecular flexibility index (Phi) is 6.49. The number of ether oxygens (including phenoxy) is 1. The number of esters is 1. The van der Waals surface area contributed by atoms with Gasteiger partial charge in [-0.1, -0.05) is 84.0 Å². The van der Waals surface area contributed by atoms with Crippen molar-refractivity contribution >= 4 is 11.7 Å². The van der Waals surface area contributed by atoms with Crippen molar-refractivity contribution in [1.82, 2.24) is 5.16 Å². The van der Waals surface area contributed by atoms with E-state index in [0.717, 1.165) is 71.8 Å². The lowest BCUT2D eigenvalue weighted by molar-refractivity contribution is -0.958. The zero-order valence-electron chi connectivity index (χ0n) is 20.8. The van der Waals surface area contributed by atoms with Crippen LogP contribution in [0.2, 0.25) is 0 Å². The number of hydrogen-bond donors (Lipinski definition) is 1. The molecule has 0 saturated carbocycles. The number of nitrogens with zero attached hydrogens (tertiary/aromatic N) is 2. The van der Waals surface area contributed by atoms with Gasteiger partial charge in [-0.25, -0.2) is 4.79 Å². The molecule has 188 valence electrons. The second-order valence-corrected chi connectivity index (χ2v) is 10.3. The Hall–Kier alpha value is -3.90. The average Bonchev–Trinajstić information content (AvgIpc) is 3.41. The van der Waals surface area contributed by atoms with Gasteiger partial charge in [0.2, 0.25) is 0 Å². The predicted molar refractivity (Wildman–Crippen MR) is 142 cm³/mol. The largest absolute Gasteiger partial charge is 0.454 e. The van der Waals surface area contributed by atoms with E-state index in [1.54, 1.807) is 0 Å². The van der Waals surface area contributed by atoms with Gasteiger partial charge in [-0.05, 0) is 17.7 Å². The molecule has 1 unspecified atom stereocenters. The van der Waals surface area contributed by atoms with Gasteiger partial charge in [0.15, 0.2) is 17.9 Å². The molecule has 6 heteroatoms. The van der Waals surface area contributed by atoms with Crippen molar-refractivity contribution in [2.45, 2.75) is 31.5 Å². The number of para-hydroxylation sites is 1. The molecule has 4 heterocycles. The third kappa shape index (κ3) is 5.16. The first-order chi connectivity index (χ1) is 18.2. The van der Waals surface area contributed by atoms with E-state index in [9.17, 15) is 4.79 Å². The highest BCUT2D eigenvalue weighted by molar-refractivity contribution is 5.81. The van der Waals surface area contributed by atoms with Crippen molar-refractivity contribution < 1.29 is 18.5 Å². The molecule has 4 aromatic rings. The Labute approximate surface area is 217 Å². The number of aromatic nitrogens is 1. The number of fused-ring (bicyclic) bond motifs is 3. The fourth-order valence-electron chi connectivity index (χ4n) is 5.89. The highest BCUT2D eigenvalue weighted by Crippen LogP contribution is 2.38. The van der Waals surface area contributed by atoms with E-state index in [4.69, 9.17) is 9.26 Å². The number of benzene rings is 3. The quantitative estimate of drug-likeness (QED) is 0.246. The molecule has 1 aromatic heterocycles. The number of nitrogens with one attached hydrogen (secondary N) is 1. The van der Waals surface area contributed by atoms with Crippen LogP contribution in [0.1, 0.15) is 30.1 Å². The van der Waals surface area contributed by atoms with Gasteiger partial charge in [-0.3, -0.25) is 0 Å². The topological polar surface area (TPSA) is 64.4 Å². The molecule has 1 N–H and O–H groups in total. The highest BCUT2D eigenvalue weighted by atomic mass is 16.5. The number of hydrogen-bond acceptors (Lipinski definition) is 5. The number of piperidine rings is 3. The van der Waals surface area contributed by atoms with Crippen LogP contribution < -0.4 is 5.32 Å². The molecular weight excluding hydrogens is 462 g/mol. The summed E-state index contributed by atoms with van der Waals surface area (Å²) in [6.45, 7) is 3.77. The first-order valence-electron chi connectivity index (χ1n) is 13.1. The maximum atomic E-state index is 13.6. The molecule has 2 bridgehead atoms. The van der Waals surface area contributed by atoms with Crippen LogP contribution in [0.25, 0.3) is 11.3 Å². The summed E-state index contributed by atoms with van der Waals surface area (Å²) in [4.78, 5) is 13.6. The molecule has 0 radical (unpaired) electrons. The summed E-state index contributed by atoms with van der Waals surface area (Å²) in [5.41, 5.74) is 3.78. The van der Waals surface area contributed by atoms with Gasteiger partial charge in [-0.15, -0.1) is 0 Å². The van der Waals surface area contributed by atoms with Crippen LogP contribution in [0.15, 0.2) is 102 Å².